The van der Waals surface area contributed by atoms with Crippen LogP contribution in [0.2, 0.25) is 0 Å². The van der Waals surface area contributed by atoms with Crippen molar-refractivity contribution >= 4 is 23.6 Å². The van der Waals surface area contributed by atoms with Gasteiger partial charge in [-0.25, -0.2) is 4.79 Å². The van der Waals surface area contributed by atoms with Crippen molar-refractivity contribution in [3.8, 4) is 17.2 Å². The van der Waals surface area contributed by atoms with Gasteiger partial charge in [0.25, 0.3) is 0 Å². The van der Waals surface area contributed by atoms with Crippen LogP contribution in [-0.2, 0) is 14.3 Å². The zero-order valence-electron chi connectivity index (χ0n) is 33.2. The number of unbranched alkanes of at least 4 members (excludes halogenated alkanes) is 2. The predicted molar refractivity (Wildman–Crippen MR) is 218 cm³/mol. The average Bonchev–Trinajstić information content (AvgIpc) is 3.17. The van der Waals surface area contributed by atoms with Crippen molar-refractivity contribution in [3.05, 3.63) is 85.0 Å². The summed E-state index contributed by atoms with van der Waals surface area (Å²) >= 11 is 1.68. The lowest BCUT2D eigenvalue weighted by Crippen LogP contribution is -2.69. The number of aliphatic hydroxyl groups is 2. The number of carbonyl (C=O) groups is 1. The van der Waals surface area contributed by atoms with Crippen molar-refractivity contribution < 1.29 is 38.8 Å². The highest BCUT2D eigenvalue weighted by atomic mass is 32.2. The second-order valence-electron chi connectivity index (χ2n) is 15.6. The van der Waals surface area contributed by atoms with Crippen LogP contribution in [0.4, 0.5) is 4.79 Å². The molecular weight excluding hydrogens is 717 g/mol. The van der Waals surface area contributed by atoms with Gasteiger partial charge < -0.3 is 38.9 Å². The number of oxime groups is 1. The number of hydrogen-bond donors (Lipinski definition) is 2. The van der Waals surface area contributed by atoms with E-state index in [4.69, 9.17) is 28.9 Å². The van der Waals surface area contributed by atoms with Crippen LogP contribution in [-0.4, -0.2) is 84.1 Å². The summed E-state index contributed by atoms with van der Waals surface area (Å²) in [6, 6.07) is 13.3. The molecule has 11 heteroatoms. The Labute approximate surface area is 331 Å². The predicted octanol–water partition coefficient (Wildman–Crippen LogP) is 9.28. The molecule has 2 N–H and O–H groups in total. The minimum Gasteiger partial charge on any atom is -0.459 e. The van der Waals surface area contributed by atoms with E-state index in [9.17, 15) is 15.0 Å². The van der Waals surface area contributed by atoms with Crippen molar-refractivity contribution in [2.24, 2.45) is 22.9 Å². The van der Waals surface area contributed by atoms with Crippen molar-refractivity contribution in [2.45, 2.75) is 100 Å². The minimum absolute atomic E-state index is 0.0952. The van der Waals surface area contributed by atoms with E-state index in [2.05, 4.69) is 25.3 Å². The summed E-state index contributed by atoms with van der Waals surface area (Å²) in [5, 5.41) is 24.5. The molecule has 2 aliphatic carbocycles. The summed E-state index contributed by atoms with van der Waals surface area (Å²) in [4.78, 5) is 22.7. The Balaban J connectivity index is 1.74. The molecule has 10 nitrogen and oxygen atoms in total. The van der Waals surface area contributed by atoms with Gasteiger partial charge >= 0.3 is 6.09 Å². The lowest BCUT2D eigenvalue weighted by molar-refractivity contribution is -0.253. The molecule has 6 unspecified atom stereocenters. The van der Waals surface area contributed by atoms with Gasteiger partial charge in [0.1, 0.15) is 28.9 Å². The monoisotopic (exact) mass is 776 g/mol. The Bertz CT molecular complexity index is 1670. The van der Waals surface area contributed by atoms with E-state index in [1.807, 2.05) is 63.4 Å². The third-order valence-electron chi connectivity index (χ3n) is 10.7. The first kappa shape index (κ1) is 42.4. The van der Waals surface area contributed by atoms with Crippen molar-refractivity contribution in [1.29, 1.82) is 0 Å². The highest BCUT2D eigenvalue weighted by Gasteiger charge is 2.65. The SMILES string of the molecule is C=CCCOC(=O)N(C)C1CC(=NOC(C)(C)C)C2=CC(CCCCO)C(CCCCO)C3c4cc(Oc5ccc(SC)cc5)ccc4OC1(OCC=C)C23. The Hall–Kier alpha value is -3.77. The molecule has 0 saturated heterocycles. The molecule has 1 heterocycles. The maximum atomic E-state index is 13.8. The molecule has 1 fully saturated rings. The molecule has 0 aromatic heterocycles. The smallest absolute Gasteiger partial charge is 0.409 e. The Morgan fingerprint density at radius 3 is 2.40 bits per heavy atom. The fourth-order valence-electron chi connectivity index (χ4n) is 8.22. The fourth-order valence-corrected chi connectivity index (χ4v) is 8.63. The van der Waals surface area contributed by atoms with Gasteiger partial charge in [0.2, 0.25) is 5.79 Å². The molecule has 3 aliphatic rings. The van der Waals surface area contributed by atoms with Crippen molar-refractivity contribution in [3.63, 3.8) is 0 Å². The number of ether oxygens (including phenoxy) is 4. The lowest BCUT2D eigenvalue weighted by atomic mass is 9.55. The summed E-state index contributed by atoms with van der Waals surface area (Å²) in [5.41, 5.74) is 2.12. The van der Waals surface area contributed by atoms with E-state index in [0.717, 1.165) is 53.2 Å². The molecule has 1 saturated carbocycles. The second kappa shape index (κ2) is 19.4. The first-order chi connectivity index (χ1) is 26.5. The highest BCUT2D eigenvalue weighted by Crippen LogP contribution is 2.62. The molecule has 6 atom stereocenters. The number of likely N-dealkylation sites (N-methyl/N-ethyl adjacent to an activating group) is 1. The molecule has 0 radical (unpaired) electrons. The van der Waals surface area contributed by atoms with Gasteiger partial charge in [-0.2, -0.15) is 0 Å². The Morgan fingerprint density at radius 1 is 1.04 bits per heavy atom. The first-order valence-corrected chi connectivity index (χ1v) is 20.8. The Kier molecular flexibility index (Phi) is 14.9. The van der Waals surface area contributed by atoms with Gasteiger partial charge in [-0.15, -0.1) is 24.9 Å². The summed E-state index contributed by atoms with van der Waals surface area (Å²) in [6.45, 7) is 14.2. The molecule has 0 bridgehead atoms. The molecule has 0 spiro atoms. The van der Waals surface area contributed by atoms with E-state index < -0.39 is 29.4 Å². The van der Waals surface area contributed by atoms with Gasteiger partial charge in [0.15, 0.2) is 0 Å². The number of fused-ring (bicyclic) bond motifs is 2. The number of carbonyl (C=O) groups excluding carboxylic acids is 1. The van der Waals surface area contributed by atoms with E-state index in [1.54, 1.807) is 35.9 Å². The van der Waals surface area contributed by atoms with Gasteiger partial charge in [-0.3, -0.25) is 0 Å². The van der Waals surface area contributed by atoms with E-state index in [-0.39, 0.29) is 50.6 Å². The first-order valence-electron chi connectivity index (χ1n) is 19.6. The Morgan fingerprint density at radius 2 is 1.75 bits per heavy atom. The summed E-state index contributed by atoms with van der Waals surface area (Å²) in [6.07, 6.45) is 12.9. The van der Waals surface area contributed by atoms with Crippen LogP contribution in [0.3, 0.4) is 0 Å². The molecule has 2 aromatic carbocycles. The van der Waals surface area contributed by atoms with Gasteiger partial charge in [-0.1, -0.05) is 36.2 Å². The zero-order valence-corrected chi connectivity index (χ0v) is 34.0. The molecule has 5 rings (SSSR count). The van der Waals surface area contributed by atoms with E-state index in [0.29, 0.717) is 30.8 Å². The van der Waals surface area contributed by atoms with Gasteiger partial charge in [0.05, 0.1) is 24.8 Å². The molecule has 300 valence electrons. The normalized spacial score (nSPS) is 24.8. The van der Waals surface area contributed by atoms with Gasteiger partial charge in [0, 0.05) is 43.1 Å². The van der Waals surface area contributed by atoms with Crippen LogP contribution >= 0.6 is 11.8 Å². The number of nitrogens with zero attached hydrogens (tertiary/aromatic N) is 2. The number of rotatable bonds is 19. The largest absolute Gasteiger partial charge is 0.459 e. The standard InChI is InChI=1S/C44H60N2O8S/c1-8-10-26-50-42(49)46(6)39-29-37(45-54-43(3,4)5)35-27-30(15-11-13-23-47)34(16-12-14-24-48)40-36-28-32(52-31-17-20-33(55-7)21-18-31)19-22-38(36)53-44(39,41(35)40)51-25-9-2/h8-9,17-22,27-28,30,34,39-41,47-48H,1-2,10-16,23-26,29H2,3-7H3. The number of aliphatic hydroxyl groups excluding tert-OH is 2. The molecule has 1 amide bonds. The summed E-state index contributed by atoms with van der Waals surface area (Å²) < 4.78 is 26.3. The molecular formula is C44H60N2O8S. The van der Waals surface area contributed by atoms with Crippen LogP contribution in [0.25, 0.3) is 0 Å². The van der Waals surface area contributed by atoms with Crippen molar-refractivity contribution in [2.75, 3.05) is 39.7 Å². The number of amides is 1. The minimum atomic E-state index is -1.36. The molecule has 1 aliphatic heterocycles. The van der Waals surface area contributed by atoms with Gasteiger partial charge in [-0.05, 0) is 119 Å². The maximum absolute atomic E-state index is 13.8. The highest BCUT2D eigenvalue weighted by molar-refractivity contribution is 7.98. The number of benzene rings is 2. The van der Waals surface area contributed by atoms with Crippen LogP contribution in [0.5, 0.6) is 17.2 Å². The quantitative estimate of drug-likeness (QED) is 0.0623. The lowest BCUT2D eigenvalue weighted by Gasteiger charge is -2.59. The molecule has 55 heavy (non-hydrogen) atoms. The van der Waals surface area contributed by atoms with Crippen LogP contribution in [0.1, 0.15) is 83.6 Å². The second-order valence-corrected chi connectivity index (χ2v) is 16.4. The number of allylic oxidation sites excluding steroid dienone is 1. The topological polar surface area (TPSA) is 119 Å². The third-order valence-corrected chi connectivity index (χ3v) is 11.4. The third kappa shape index (κ3) is 9.97. The van der Waals surface area contributed by atoms with Crippen LogP contribution in [0, 0.1) is 17.8 Å². The number of thioether (sulfide) groups is 1. The summed E-state index contributed by atoms with van der Waals surface area (Å²) in [5.74, 6) is 0.335. The zero-order chi connectivity index (χ0) is 39.6. The van der Waals surface area contributed by atoms with Crippen molar-refractivity contribution in [1.82, 2.24) is 4.90 Å². The summed E-state index contributed by atoms with van der Waals surface area (Å²) in [7, 11) is 1.73. The van der Waals surface area contributed by atoms with Crippen LogP contribution in [0.15, 0.2) is 89.5 Å². The van der Waals surface area contributed by atoms with E-state index >= 15 is 0 Å². The van der Waals surface area contributed by atoms with E-state index in [1.165, 1.54) is 0 Å². The molecule has 2 aromatic rings. The van der Waals surface area contributed by atoms with Crippen LogP contribution < -0.4 is 9.47 Å². The average molecular weight is 777 g/mol. The maximum Gasteiger partial charge on any atom is 0.409 e. The number of hydrogen-bond acceptors (Lipinski definition) is 10. The fraction of sp³-hybridized carbons (Fsp3) is 0.545.